The molecule has 0 aromatic heterocycles. The van der Waals surface area contributed by atoms with E-state index in [4.69, 9.17) is 21.1 Å². The molecule has 0 saturated heterocycles. The lowest BCUT2D eigenvalue weighted by Crippen LogP contribution is -2.31. The number of rotatable bonds is 7. The van der Waals surface area contributed by atoms with Gasteiger partial charge in [0, 0.05) is 29.7 Å². The molecule has 5 nitrogen and oxygen atoms in total. The Balaban J connectivity index is 1.98. The topological polar surface area (TPSA) is 55.8 Å². The van der Waals surface area contributed by atoms with Gasteiger partial charge in [-0.15, -0.1) is 0 Å². The average molecular weight is 362 g/mol. The van der Waals surface area contributed by atoms with Gasteiger partial charge in [0.1, 0.15) is 11.5 Å². The number of Topliss-reactive ketones (excluding diaryl/α,β-unsaturated/α-hetero) is 1. The molecule has 0 fully saturated rings. The van der Waals surface area contributed by atoms with Crippen LogP contribution in [-0.4, -0.2) is 37.4 Å². The second kappa shape index (κ2) is 8.53. The minimum absolute atomic E-state index is 0.0538. The van der Waals surface area contributed by atoms with Crippen molar-refractivity contribution < 1.29 is 19.1 Å². The molecule has 0 aliphatic carbocycles. The standard InChI is InChI=1S/C19H20ClNO4/c1-13(22)14-5-4-6-17(10-14)25-12-19(23)21(2)11-15-9-16(20)7-8-18(15)24-3/h4-10H,11-12H2,1-3H3. The van der Waals surface area contributed by atoms with Crippen LogP contribution in [0.5, 0.6) is 11.5 Å². The second-order valence-electron chi connectivity index (χ2n) is 5.58. The van der Waals surface area contributed by atoms with Gasteiger partial charge in [-0.25, -0.2) is 0 Å². The van der Waals surface area contributed by atoms with Crippen molar-refractivity contribution in [3.63, 3.8) is 0 Å². The van der Waals surface area contributed by atoms with E-state index in [0.29, 0.717) is 28.6 Å². The summed E-state index contributed by atoms with van der Waals surface area (Å²) in [5.41, 5.74) is 1.35. The lowest BCUT2D eigenvalue weighted by molar-refractivity contribution is -0.132. The van der Waals surface area contributed by atoms with Crippen molar-refractivity contribution in [3.8, 4) is 11.5 Å². The monoisotopic (exact) mass is 361 g/mol. The maximum absolute atomic E-state index is 12.3. The fourth-order valence-corrected chi connectivity index (χ4v) is 2.47. The zero-order valence-electron chi connectivity index (χ0n) is 14.4. The van der Waals surface area contributed by atoms with Crippen molar-refractivity contribution in [2.45, 2.75) is 13.5 Å². The molecular weight excluding hydrogens is 342 g/mol. The highest BCUT2D eigenvalue weighted by molar-refractivity contribution is 6.30. The lowest BCUT2D eigenvalue weighted by atomic mass is 10.1. The molecule has 0 saturated carbocycles. The third kappa shape index (κ3) is 5.22. The van der Waals surface area contributed by atoms with Crippen LogP contribution in [0.3, 0.4) is 0 Å². The first-order valence-corrected chi connectivity index (χ1v) is 8.08. The van der Waals surface area contributed by atoms with Gasteiger partial charge in [0.25, 0.3) is 5.91 Å². The minimum atomic E-state index is -0.199. The average Bonchev–Trinajstić information content (AvgIpc) is 2.60. The second-order valence-corrected chi connectivity index (χ2v) is 6.02. The van der Waals surface area contributed by atoms with Gasteiger partial charge in [0.05, 0.1) is 7.11 Å². The number of ketones is 1. The van der Waals surface area contributed by atoms with Crippen LogP contribution in [0.2, 0.25) is 5.02 Å². The van der Waals surface area contributed by atoms with Gasteiger partial charge in [0.2, 0.25) is 0 Å². The van der Waals surface area contributed by atoms with Gasteiger partial charge in [-0.1, -0.05) is 23.7 Å². The van der Waals surface area contributed by atoms with Gasteiger partial charge >= 0.3 is 0 Å². The molecule has 25 heavy (non-hydrogen) atoms. The molecule has 2 aromatic rings. The van der Waals surface area contributed by atoms with E-state index >= 15 is 0 Å². The molecule has 132 valence electrons. The number of carbonyl (C=O) groups is 2. The van der Waals surface area contributed by atoms with E-state index in [-0.39, 0.29) is 18.3 Å². The maximum Gasteiger partial charge on any atom is 0.260 e. The number of methoxy groups -OCH3 is 1. The Hall–Kier alpha value is -2.53. The molecule has 0 unspecified atom stereocenters. The Labute approximate surface area is 152 Å². The van der Waals surface area contributed by atoms with Crippen molar-refractivity contribution in [2.24, 2.45) is 0 Å². The molecule has 0 N–H and O–H groups in total. The van der Waals surface area contributed by atoms with E-state index < -0.39 is 0 Å². The molecule has 0 aliphatic rings. The Bertz CT molecular complexity index is 776. The largest absolute Gasteiger partial charge is 0.496 e. The quantitative estimate of drug-likeness (QED) is 0.707. The third-order valence-corrected chi connectivity index (χ3v) is 3.91. The molecule has 1 amide bonds. The normalized spacial score (nSPS) is 10.2. The summed E-state index contributed by atoms with van der Waals surface area (Å²) in [6.07, 6.45) is 0. The summed E-state index contributed by atoms with van der Waals surface area (Å²) in [6, 6.07) is 12.0. The Morgan fingerprint density at radius 3 is 2.60 bits per heavy atom. The number of likely N-dealkylation sites (N-methyl/N-ethyl adjacent to an activating group) is 1. The lowest BCUT2D eigenvalue weighted by Gasteiger charge is -2.19. The van der Waals surface area contributed by atoms with Gasteiger partial charge in [-0.3, -0.25) is 9.59 Å². The number of ether oxygens (including phenoxy) is 2. The Morgan fingerprint density at radius 1 is 1.16 bits per heavy atom. The van der Waals surface area contributed by atoms with E-state index in [1.807, 2.05) is 0 Å². The molecular formula is C19H20ClNO4. The van der Waals surface area contributed by atoms with E-state index in [2.05, 4.69) is 0 Å². The van der Waals surface area contributed by atoms with Gasteiger partial charge in [-0.05, 0) is 37.3 Å². The zero-order chi connectivity index (χ0) is 18.4. The fraction of sp³-hybridized carbons (Fsp3) is 0.263. The van der Waals surface area contributed by atoms with Crippen LogP contribution in [0.15, 0.2) is 42.5 Å². The highest BCUT2D eigenvalue weighted by Gasteiger charge is 2.13. The summed E-state index contributed by atoms with van der Waals surface area (Å²) in [5, 5.41) is 0.578. The van der Waals surface area contributed by atoms with Crippen LogP contribution in [-0.2, 0) is 11.3 Å². The predicted molar refractivity (Wildman–Crippen MR) is 96.4 cm³/mol. The fourth-order valence-electron chi connectivity index (χ4n) is 2.27. The number of hydrogen-bond acceptors (Lipinski definition) is 4. The van der Waals surface area contributed by atoms with Crippen molar-refractivity contribution in [3.05, 3.63) is 58.6 Å². The summed E-state index contributed by atoms with van der Waals surface area (Å²) in [6.45, 7) is 1.70. The van der Waals surface area contributed by atoms with Gasteiger partial charge < -0.3 is 14.4 Å². The number of benzene rings is 2. The number of carbonyl (C=O) groups excluding carboxylic acids is 2. The van der Waals surface area contributed by atoms with E-state index in [9.17, 15) is 9.59 Å². The van der Waals surface area contributed by atoms with Gasteiger partial charge in [-0.2, -0.15) is 0 Å². The van der Waals surface area contributed by atoms with E-state index in [1.54, 1.807) is 56.6 Å². The van der Waals surface area contributed by atoms with Gasteiger partial charge in [0.15, 0.2) is 12.4 Å². The Morgan fingerprint density at radius 2 is 1.92 bits per heavy atom. The highest BCUT2D eigenvalue weighted by Crippen LogP contribution is 2.23. The smallest absolute Gasteiger partial charge is 0.260 e. The number of hydrogen-bond donors (Lipinski definition) is 0. The third-order valence-electron chi connectivity index (χ3n) is 3.68. The summed E-state index contributed by atoms with van der Waals surface area (Å²) in [5.74, 6) is 0.895. The van der Waals surface area contributed by atoms with Crippen LogP contribution < -0.4 is 9.47 Å². The molecule has 2 aromatic carbocycles. The van der Waals surface area contributed by atoms with Crippen LogP contribution >= 0.6 is 11.6 Å². The first-order valence-electron chi connectivity index (χ1n) is 7.71. The molecule has 6 heteroatoms. The van der Waals surface area contributed by atoms with Crippen LogP contribution in [0, 0.1) is 0 Å². The molecule has 2 rings (SSSR count). The van der Waals surface area contributed by atoms with Crippen molar-refractivity contribution >= 4 is 23.3 Å². The number of amides is 1. The molecule has 0 radical (unpaired) electrons. The summed E-state index contributed by atoms with van der Waals surface area (Å²) < 4.78 is 10.8. The van der Waals surface area contributed by atoms with Crippen LogP contribution in [0.4, 0.5) is 0 Å². The summed E-state index contributed by atoms with van der Waals surface area (Å²) in [4.78, 5) is 25.2. The van der Waals surface area contributed by atoms with Crippen molar-refractivity contribution in [1.82, 2.24) is 4.90 Å². The van der Waals surface area contributed by atoms with Crippen LogP contribution in [0.1, 0.15) is 22.8 Å². The predicted octanol–water partition coefficient (Wildman–Crippen LogP) is 3.59. The molecule has 0 bridgehead atoms. The zero-order valence-corrected chi connectivity index (χ0v) is 15.2. The van der Waals surface area contributed by atoms with E-state index in [1.165, 1.54) is 11.8 Å². The highest BCUT2D eigenvalue weighted by atomic mass is 35.5. The Kier molecular flexibility index (Phi) is 6.42. The molecule has 0 spiro atoms. The molecule has 0 heterocycles. The van der Waals surface area contributed by atoms with Crippen LogP contribution in [0.25, 0.3) is 0 Å². The van der Waals surface area contributed by atoms with E-state index in [0.717, 1.165) is 5.56 Å². The van der Waals surface area contributed by atoms with Crippen molar-refractivity contribution in [2.75, 3.05) is 20.8 Å². The number of nitrogens with zero attached hydrogens (tertiary/aromatic N) is 1. The summed E-state index contributed by atoms with van der Waals surface area (Å²) in [7, 11) is 3.25. The summed E-state index contributed by atoms with van der Waals surface area (Å²) >= 11 is 6.01. The SMILES string of the molecule is COc1ccc(Cl)cc1CN(C)C(=O)COc1cccc(C(C)=O)c1. The number of halogens is 1. The van der Waals surface area contributed by atoms with Crippen molar-refractivity contribution in [1.29, 1.82) is 0 Å². The molecule has 0 atom stereocenters. The first-order chi connectivity index (χ1) is 11.9. The minimum Gasteiger partial charge on any atom is -0.496 e. The maximum atomic E-state index is 12.3. The molecule has 0 aliphatic heterocycles. The first kappa shape index (κ1) is 18.8.